The first-order valence-electron chi connectivity index (χ1n) is 6.96. The number of halogens is 3. The topological polar surface area (TPSA) is 49.0 Å². The van der Waals surface area contributed by atoms with Gasteiger partial charge in [0.05, 0.1) is 5.69 Å². The van der Waals surface area contributed by atoms with Crippen molar-refractivity contribution in [3.63, 3.8) is 0 Å². The van der Waals surface area contributed by atoms with Crippen LogP contribution in [-0.2, 0) is 5.38 Å². The highest BCUT2D eigenvalue weighted by Crippen LogP contribution is 2.35. The molecule has 1 N–H and O–H groups in total. The normalized spacial score (nSPS) is 16.0. The molecule has 0 radical (unpaired) electrons. The van der Waals surface area contributed by atoms with Gasteiger partial charge < -0.3 is 4.90 Å². The minimum absolute atomic E-state index is 0.0631. The van der Waals surface area contributed by atoms with Crippen molar-refractivity contribution < 1.29 is 13.6 Å². The van der Waals surface area contributed by atoms with Crippen LogP contribution >= 0.6 is 22.9 Å². The third-order valence-electron chi connectivity index (χ3n) is 3.66. The fourth-order valence-electron chi connectivity index (χ4n) is 2.52. The molecule has 1 fully saturated rings. The van der Waals surface area contributed by atoms with Crippen LogP contribution < -0.4 is 0 Å². The largest absolute Gasteiger partial charge is 0.364 e. The van der Waals surface area contributed by atoms with Crippen molar-refractivity contribution in [1.29, 1.82) is 0 Å². The molecule has 2 aromatic heterocycles. The van der Waals surface area contributed by atoms with Gasteiger partial charge in [0.2, 0.25) is 0 Å². The number of nitrogens with one attached hydrogen (secondary N) is 1. The highest BCUT2D eigenvalue weighted by molar-refractivity contribution is 7.12. The van der Waals surface area contributed by atoms with E-state index in [-0.39, 0.29) is 5.91 Å². The number of alkyl halides is 3. The molecule has 1 saturated heterocycles. The summed E-state index contributed by atoms with van der Waals surface area (Å²) in [4.78, 5) is 14.9. The standard InChI is InChI=1S/C14H14ClF2N3OS/c15-14(16,17)11-8-10(18-19-11)9-4-7-22-12(9)13(21)20-5-2-1-3-6-20/h4,7-8H,1-3,5-6H2,(H,18,19). The minimum Gasteiger partial charge on any atom is -0.338 e. The maximum absolute atomic E-state index is 13.1. The van der Waals surface area contributed by atoms with E-state index < -0.39 is 11.1 Å². The zero-order chi connectivity index (χ0) is 15.7. The van der Waals surface area contributed by atoms with Gasteiger partial charge >= 0.3 is 5.38 Å². The molecule has 0 spiro atoms. The second-order valence-corrected chi connectivity index (χ2v) is 6.57. The predicted octanol–water partition coefficient (Wildman–Crippen LogP) is 4.05. The molecule has 1 aliphatic heterocycles. The van der Waals surface area contributed by atoms with Crippen molar-refractivity contribution in [3.05, 3.63) is 28.1 Å². The molecule has 0 bridgehead atoms. The van der Waals surface area contributed by atoms with E-state index in [4.69, 9.17) is 11.6 Å². The molecule has 0 saturated carbocycles. The van der Waals surface area contributed by atoms with Crippen LogP contribution in [0.25, 0.3) is 11.3 Å². The number of hydrogen-bond donors (Lipinski definition) is 1. The van der Waals surface area contributed by atoms with Gasteiger partial charge in [-0.05, 0) is 48.4 Å². The number of aromatic amines is 1. The number of piperidine rings is 1. The van der Waals surface area contributed by atoms with Gasteiger partial charge in [-0.15, -0.1) is 11.3 Å². The molecular weight excluding hydrogens is 332 g/mol. The van der Waals surface area contributed by atoms with Crippen LogP contribution in [0.2, 0.25) is 0 Å². The molecule has 2 aromatic rings. The van der Waals surface area contributed by atoms with Crippen molar-refractivity contribution in [3.8, 4) is 11.3 Å². The smallest absolute Gasteiger partial charge is 0.338 e. The molecule has 22 heavy (non-hydrogen) atoms. The fraction of sp³-hybridized carbons (Fsp3) is 0.429. The van der Waals surface area contributed by atoms with Crippen molar-refractivity contribution in [1.82, 2.24) is 15.1 Å². The Hall–Kier alpha value is -1.47. The average Bonchev–Trinajstić information content (AvgIpc) is 3.15. The lowest BCUT2D eigenvalue weighted by molar-refractivity contribution is 0.0730. The highest BCUT2D eigenvalue weighted by atomic mass is 35.5. The van der Waals surface area contributed by atoms with E-state index in [1.54, 1.807) is 11.4 Å². The Labute approximate surface area is 135 Å². The van der Waals surface area contributed by atoms with E-state index in [0.717, 1.165) is 32.4 Å². The van der Waals surface area contributed by atoms with Crippen molar-refractivity contribution in [2.24, 2.45) is 0 Å². The van der Waals surface area contributed by atoms with Gasteiger partial charge in [-0.3, -0.25) is 9.89 Å². The third kappa shape index (κ3) is 3.01. The molecule has 1 amide bonds. The van der Waals surface area contributed by atoms with Crippen LogP contribution in [-0.4, -0.2) is 34.1 Å². The predicted molar refractivity (Wildman–Crippen MR) is 81.4 cm³/mol. The number of amides is 1. The van der Waals surface area contributed by atoms with Gasteiger partial charge in [-0.2, -0.15) is 13.9 Å². The number of rotatable bonds is 3. The number of H-pyrrole nitrogens is 1. The number of likely N-dealkylation sites (tertiary alicyclic amines) is 1. The van der Waals surface area contributed by atoms with Gasteiger partial charge in [-0.1, -0.05) is 0 Å². The molecule has 0 aliphatic carbocycles. The lowest BCUT2D eigenvalue weighted by Crippen LogP contribution is -2.35. The Bertz CT molecular complexity index is 674. The van der Waals surface area contributed by atoms with Gasteiger partial charge in [-0.25, -0.2) is 0 Å². The quantitative estimate of drug-likeness (QED) is 0.853. The molecule has 4 nitrogen and oxygen atoms in total. The first-order valence-corrected chi connectivity index (χ1v) is 8.22. The maximum Gasteiger partial charge on any atom is 0.364 e. The summed E-state index contributed by atoms with van der Waals surface area (Å²) in [6, 6.07) is 2.90. The van der Waals surface area contributed by atoms with Crippen LogP contribution in [0.5, 0.6) is 0 Å². The average molecular weight is 346 g/mol. The summed E-state index contributed by atoms with van der Waals surface area (Å²) >= 11 is 6.28. The first kappa shape index (κ1) is 15.4. The molecule has 0 atom stereocenters. The maximum atomic E-state index is 13.1. The van der Waals surface area contributed by atoms with Crippen LogP contribution in [0, 0.1) is 0 Å². The van der Waals surface area contributed by atoms with E-state index in [2.05, 4.69) is 10.2 Å². The highest BCUT2D eigenvalue weighted by Gasteiger charge is 2.31. The molecule has 0 unspecified atom stereocenters. The summed E-state index contributed by atoms with van der Waals surface area (Å²) < 4.78 is 26.2. The molecule has 118 valence electrons. The van der Waals surface area contributed by atoms with Gasteiger partial charge in [0.15, 0.2) is 0 Å². The van der Waals surface area contributed by atoms with E-state index in [0.29, 0.717) is 16.1 Å². The van der Waals surface area contributed by atoms with E-state index in [1.165, 1.54) is 17.4 Å². The van der Waals surface area contributed by atoms with Crippen LogP contribution in [0.15, 0.2) is 17.5 Å². The number of thiophene rings is 1. The Balaban J connectivity index is 1.88. The summed E-state index contributed by atoms with van der Waals surface area (Å²) in [5.41, 5.74) is 0.382. The zero-order valence-electron chi connectivity index (χ0n) is 11.6. The van der Waals surface area contributed by atoms with E-state index in [9.17, 15) is 13.6 Å². The lowest BCUT2D eigenvalue weighted by Gasteiger charge is -2.26. The number of aromatic nitrogens is 2. The number of carbonyl (C=O) groups is 1. The molecule has 3 heterocycles. The Morgan fingerprint density at radius 3 is 2.73 bits per heavy atom. The Kier molecular flexibility index (Phi) is 4.18. The summed E-state index contributed by atoms with van der Waals surface area (Å²) in [6.07, 6.45) is 3.13. The second kappa shape index (κ2) is 5.96. The third-order valence-corrected chi connectivity index (χ3v) is 4.77. The molecule has 8 heteroatoms. The first-order chi connectivity index (χ1) is 10.5. The van der Waals surface area contributed by atoms with Crippen LogP contribution in [0.3, 0.4) is 0 Å². The van der Waals surface area contributed by atoms with Crippen LogP contribution in [0.4, 0.5) is 8.78 Å². The Morgan fingerprint density at radius 1 is 1.36 bits per heavy atom. The van der Waals surface area contributed by atoms with Crippen molar-refractivity contribution >= 4 is 28.8 Å². The second-order valence-electron chi connectivity index (χ2n) is 5.18. The van der Waals surface area contributed by atoms with Gasteiger partial charge in [0.25, 0.3) is 5.91 Å². The number of hydrogen-bond acceptors (Lipinski definition) is 3. The van der Waals surface area contributed by atoms with Crippen LogP contribution in [0.1, 0.15) is 34.6 Å². The minimum atomic E-state index is -3.50. The number of nitrogens with zero attached hydrogens (tertiary/aromatic N) is 2. The van der Waals surface area contributed by atoms with E-state index in [1.807, 2.05) is 4.90 Å². The van der Waals surface area contributed by atoms with Crippen molar-refractivity contribution in [2.45, 2.75) is 24.6 Å². The molecule has 3 rings (SSSR count). The number of carbonyl (C=O) groups excluding carboxylic acids is 1. The molecule has 0 aromatic carbocycles. The summed E-state index contributed by atoms with van der Waals surface area (Å²) in [6.45, 7) is 1.48. The zero-order valence-corrected chi connectivity index (χ0v) is 13.2. The Morgan fingerprint density at radius 2 is 2.09 bits per heavy atom. The molecular formula is C14H14ClF2N3OS. The van der Waals surface area contributed by atoms with Gasteiger partial charge in [0.1, 0.15) is 10.6 Å². The van der Waals surface area contributed by atoms with E-state index >= 15 is 0 Å². The summed E-state index contributed by atoms with van der Waals surface area (Å²) in [7, 11) is 0. The van der Waals surface area contributed by atoms with Gasteiger partial charge in [0, 0.05) is 18.7 Å². The summed E-state index contributed by atoms with van der Waals surface area (Å²) in [5, 5.41) is 4.35. The fourth-order valence-corrected chi connectivity index (χ4v) is 3.49. The SMILES string of the molecule is O=C(c1sccc1-c1cc(C(F)(F)Cl)[nH]n1)N1CCCCC1. The lowest BCUT2D eigenvalue weighted by atomic mass is 10.1. The molecule has 1 aliphatic rings. The summed E-state index contributed by atoms with van der Waals surface area (Å²) in [5.74, 6) is -0.0631. The van der Waals surface area contributed by atoms with Crippen molar-refractivity contribution in [2.75, 3.05) is 13.1 Å². The monoisotopic (exact) mass is 345 g/mol.